The Morgan fingerprint density at radius 1 is 1.21 bits per heavy atom. The molecule has 1 nitrogen and oxygen atoms in total. The number of nitrogens with one attached hydrogen (secondary N) is 1. The van der Waals surface area contributed by atoms with Crippen LogP contribution >= 0.6 is 15.9 Å². The number of halogens is 2. The van der Waals surface area contributed by atoms with Gasteiger partial charge in [-0.05, 0) is 72.3 Å². The van der Waals surface area contributed by atoms with Crippen LogP contribution in [0.5, 0.6) is 0 Å². The van der Waals surface area contributed by atoms with E-state index in [2.05, 4.69) is 27.3 Å². The van der Waals surface area contributed by atoms with Crippen molar-refractivity contribution in [3.05, 3.63) is 34.1 Å². The highest BCUT2D eigenvalue weighted by Crippen LogP contribution is 2.33. The quantitative estimate of drug-likeness (QED) is 0.800. The van der Waals surface area contributed by atoms with E-state index in [4.69, 9.17) is 0 Å². The largest absolute Gasteiger partial charge is 0.319 e. The molecule has 2 rings (SSSR count). The van der Waals surface area contributed by atoms with E-state index < -0.39 is 0 Å². The van der Waals surface area contributed by atoms with E-state index in [1.54, 1.807) is 0 Å². The zero-order chi connectivity index (χ0) is 13.7. The maximum atomic E-state index is 13.6. The molecule has 2 atom stereocenters. The first-order valence-electron chi connectivity index (χ1n) is 7.30. The molecule has 1 aliphatic rings. The minimum Gasteiger partial charge on any atom is -0.319 e. The SMILES string of the molecule is CNCC1CCCCCC1Cc1cccc(F)c1Br. The molecule has 3 heteroatoms. The van der Waals surface area contributed by atoms with Crippen molar-refractivity contribution in [2.24, 2.45) is 11.8 Å². The molecule has 1 aromatic rings. The van der Waals surface area contributed by atoms with Gasteiger partial charge in [0.2, 0.25) is 0 Å². The topological polar surface area (TPSA) is 12.0 Å². The number of hydrogen-bond donors (Lipinski definition) is 1. The van der Waals surface area contributed by atoms with E-state index in [9.17, 15) is 4.39 Å². The first-order chi connectivity index (χ1) is 9.22. The molecule has 106 valence electrons. The zero-order valence-electron chi connectivity index (χ0n) is 11.6. The van der Waals surface area contributed by atoms with Gasteiger partial charge in [-0.1, -0.05) is 31.4 Å². The highest BCUT2D eigenvalue weighted by Gasteiger charge is 2.24. The van der Waals surface area contributed by atoms with E-state index in [0.717, 1.165) is 24.4 Å². The molecular formula is C16H23BrFN. The average Bonchev–Trinajstić information content (AvgIpc) is 2.62. The Morgan fingerprint density at radius 2 is 1.95 bits per heavy atom. The summed E-state index contributed by atoms with van der Waals surface area (Å²) in [5, 5.41) is 3.32. The first kappa shape index (κ1) is 15.0. The molecule has 19 heavy (non-hydrogen) atoms. The van der Waals surface area contributed by atoms with Gasteiger partial charge in [0.25, 0.3) is 0 Å². The average molecular weight is 328 g/mol. The Balaban J connectivity index is 2.11. The molecule has 1 N–H and O–H groups in total. The Labute approximate surface area is 124 Å². The lowest BCUT2D eigenvalue weighted by molar-refractivity contribution is 0.303. The summed E-state index contributed by atoms with van der Waals surface area (Å²) in [6.07, 6.45) is 7.57. The first-order valence-corrected chi connectivity index (χ1v) is 8.09. The summed E-state index contributed by atoms with van der Waals surface area (Å²) in [7, 11) is 2.03. The van der Waals surface area contributed by atoms with Crippen LogP contribution in [0, 0.1) is 17.7 Å². The zero-order valence-corrected chi connectivity index (χ0v) is 13.2. The highest BCUT2D eigenvalue weighted by atomic mass is 79.9. The van der Waals surface area contributed by atoms with Crippen molar-refractivity contribution in [2.45, 2.75) is 38.5 Å². The number of hydrogen-bond acceptors (Lipinski definition) is 1. The van der Waals surface area contributed by atoms with Gasteiger partial charge in [0, 0.05) is 0 Å². The number of rotatable bonds is 4. The van der Waals surface area contributed by atoms with Crippen molar-refractivity contribution < 1.29 is 4.39 Å². The lowest BCUT2D eigenvalue weighted by atomic mass is 9.83. The van der Waals surface area contributed by atoms with E-state index in [1.165, 1.54) is 38.2 Å². The minimum absolute atomic E-state index is 0.142. The van der Waals surface area contributed by atoms with Crippen molar-refractivity contribution in [2.75, 3.05) is 13.6 Å². The molecule has 0 spiro atoms. The molecule has 1 aromatic carbocycles. The van der Waals surface area contributed by atoms with E-state index in [1.807, 2.05) is 13.1 Å². The van der Waals surface area contributed by atoms with Crippen LogP contribution in [0.15, 0.2) is 22.7 Å². The fourth-order valence-electron chi connectivity index (χ4n) is 3.25. The minimum atomic E-state index is -0.142. The third-order valence-electron chi connectivity index (χ3n) is 4.30. The van der Waals surface area contributed by atoms with Crippen LogP contribution in [0.25, 0.3) is 0 Å². The molecule has 2 unspecified atom stereocenters. The summed E-state index contributed by atoms with van der Waals surface area (Å²) in [6, 6.07) is 5.39. The summed E-state index contributed by atoms with van der Waals surface area (Å²) in [6.45, 7) is 1.08. The van der Waals surface area contributed by atoms with Gasteiger partial charge in [-0.2, -0.15) is 0 Å². The molecule has 0 bridgehead atoms. The van der Waals surface area contributed by atoms with Gasteiger partial charge in [0.1, 0.15) is 5.82 Å². The molecule has 0 radical (unpaired) electrons. The Kier molecular flexibility index (Phi) is 5.83. The van der Waals surface area contributed by atoms with Gasteiger partial charge in [-0.3, -0.25) is 0 Å². The molecule has 0 heterocycles. The monoisotopic (exact) mass is 327 g/mol. The standard InChI is InChI=1S/C16H23BrFN/c1-19-11-14-7-4-2-3-6-12(14)10-13-8-5-9-15(18)16(13)17/h5,8-9,12,14,19H,2-4,6-7,10-11H2,1H3. The second kappa shape index (κ2) is 7.39. The highest BCUT2D eigenvalue weighted by molar-refractivity contribution is 9.10. The van der Waals surface area contributed by atoms with Crippen LogP contribution in [-0.2, 0) is 6.42 Å². The van der Waals surface area contributed by atoms with E-state index >= 15 is 0 Å². The maximum Gasteiger partial charge on any atom is 0.137 e. The summed E-state index contributed by atoms with van der Waals surface area (Å²) >= 11 is 3.39. The van der Waals surface area contributed by atoms with Gasteiger partial charge in [0.15, 0.2) is 0 Å². The summed E-state index contributed by atoms with van der Waals surface area (Å²) in [5.41, 5.74) is 1.12. The van der Waals surface area contributed by atoms with Crippen molar-refractivity contribution in [3.8, 4) is 0 Å². The predicted octanol–water partition coefficient (Wildman–Crippen LogP) is 4.55. The third-order valence-corrected chi connectivity index (χ3v) is 5.18. The van der Waals surface area contributed by atoms with E-state index in [-0.39, 0.29) is 5.82 Å². The van der Waals surface area contributed by atoms with Gasteiger partial charge in [0.05, 0.1) is 4.47 Å². The van der Waals surface area contributed by atoms with Crippen LogP contribution < -0.4 is 5.32 Å². The Morgan fingerprint density at radius 3 is 2.68 bits per heavy atom. The Hall–Kier alpha value is -0.410. The van der Waals surface area contributed by atoms with Crippen molar-refractivity contribution in [1.29, 1.82) is 0 Å². The second-order valence-corrected chi connectivity index (χ2v) is 6.43. The maximum absolute atomic E-state index is 13.6. The van der Waals surface area contributed by atoms with Crippen molar-refractivity contribution in [3.63, 3.8) is 0 Å². The number of benzene rings is 1. The van der Waals surface area contributed by atoms with Crippen LogP contribution in [0.2, 0.25) is 0 Å². The fraction of sp³-hybridized carbons (Fsp3) is 0.625. The van der Waals surface area contributed by atoms with Gasteiger partial charge >= 0.3 is 0 Å². The summed E-state index contributed by atoms with van der Waals surface area (Å²) in [5.74, 6) is 1.26. The summed E-state index contributed by atoms with van der Waals surface area (Å²) < 4.78 is 14.3. The van der Waals surface area contributed by atoms with Gasteiger partial charge < -0.3 is 5.32 Å². The predicted molar refractivity (Wildman–Crippen MR) is 81.8 cm³/mol. The van der Waals surface area contributed by atoms with Crippen LogP contribution in [-0.4, -0.2) is 13.6 Å². The van der Waals surface area contributed by atoms with Crippen molar-refractivity contribution in [1.82, 2.24) is 5.32 Å². The normalized spacial score (nSPS) is 24.2. The smallest absolute Gasteiger partial charge is 0.137 e. The molecule has 1 aliphatic carbocycles. The lowest BCUT2D eigenvalue weighted by Gasteiger charge is -2.25. The molecular weight excluding hydrogens is 305 g/mol. The molecule has 0 aliphatic heterocycles. The van der Waals surface area contributed by atoms with Crippen LogP contribution in [0.4, 0.5) is 4.39 Å². The van der Waals surface area contributed by atoms with Crippen LogP contribution in [0.1, 0.15) is 37.7 Å². The van der Waals surface area contributed by atoms with Gasteiger partial charge in [-0.25, -0.2) is 4.39 Å². The molecule has 1 fully saturated rings. The van der Waals surface area contributed by atoms with E-state index in [0.29, 0.717) is 10.4 Å². The van der Waals surface area contributed by atoms with Gasteiger partial charge in [-0.15, -0.1) is 0 Å². The summed E-state index contributed by atoms with van der Waals surface area (Å²) in [4.78, 5) is 0. The molecule has 0 aromatic heterocycles. The van der Waals surface area contributed by atoms with Crippen LogP contribution in [0.3, 0.4) is 0 Å². The fourth-order valence-corrected chi connectivity index (χ4v) is 3.68. The third kappa shape index (κ3) is 4.03. The second-order valence-electron chi connectivity index (χ2n) is 5.63. The Bertz CT molecular complexity index is 408. The van der Waals surface area contributed by atoms with Crippen molar-refractivity contribution >= 4 is 15.9 Å². The molecule has 0 amide bonds. The molecule has 0 saturated heterocycles. The lowest BCUT2D eigenvalue weighted by Crippen LogP contribution is -2.26. The molecule has 1 saturated carbocycles.